The second-order valence-corrected chi connectivity index (χ2v) is 4.12. The quantitative estimate of drug-likeness (QED) is 0.620. The SMILES string of the molecule is NC(C(=O)O)c1cccc(N2CCNC(=O)C2=O)c1. The number of nitrogens with zero attached hydrogens (tertiary/aromatic N) is 1. The van der Waals surface area contributed by atoms with Crippen molar-refractivity contribution in [3.63, 3.8) is 0 Å². The molecule has 7 nitrogen and oxygen atoms in total. The number of piperazine rings is 1. The number of carboxylic acid groups (broad SMARTS) is 1. The van der Waals surface area contributed by atoms with Crippen LogP contribution in [0.5, 0.6) is 0 Å². The monoisotopic (exact) mass is 263 g/mol. The van der Waals surface area contributed by atoms with Crippen molar-refractivity contribution >= 4 is 23.5 Å². The van der Waals surface area contributed by atoms with Gasteiger partial charge < -0.3 is 21.1 Å². The smallest absolute Gasteiger partial charge is 0.325 e. The van der Waals surface area contributed by atoms with E-state index in [4.69, 9.17) is 10.8 Å². The zero-order chi connectivity index (χ0) is 14.0. The molecule has 1 aliphatic rings. The lowest BCUT2D eigenvalue weighted by Gasteiger charge is -2.27. The summed E-state index contributed by atoms with van der Waals surface area (Å²) < 4.78 is 0. The first-order chi connectivity index (χ1) is 9.00. The molecule has 1 aromatic carbocycles. The van der Waals surface area contributed by atoms with Crippen LogP contribution in [-0.4, -0.2) is 36.0 Å². The number of rotatable bonds is 3. The zero-order valence-electron chi connectivity index (χ0n) is 10.00. The van der Waals surface area contributed by atoms with Crippen molar-refractivity contribution in [3.05, 3.63) is 29.8 Å². The lowest BCUT2D eigenvalue weighted by molar-refractivity contribution is -0.138. The molecule has 0 aliphatic carbocycles. The Morgan fingerprint density at radius 3 is 2.84 bits per heavy atom. The van der Waals surface area contributed by atoms with E-state index >= 15 is 0 Å². The Kier molecular flexibility index (Phi) is 3.48. The fourth-order valence-corrected chi connectivity index (χ4v) is 1.86. The van der Waals surface area contributed by atoms with E-state index in [1.54, 1.807) is 18.2 Å². The van der Waals surface area contributed by atoms with Crippen molar-refractivity contribution < 1.29 is 19.5 Å². The van der Waals surface area contributed by atoms with Crippen molar-refractivity contribution in [2.24, 2.45) is 5.73 Å². The minimum absolute atomic E-state index is 0.344. The number of hydrogen-bond acceptors (Lipinski definition) is 4. The molecule has 1 aromatic rings. The van der Waals surface area contributed by atoms with Gasteiger partial charge in [-0.05, 0) is 17.7 Å². The number of nitrogens with two attached hydrogens (primary N) is 1. The van der Waals surface area contributed by atoms with E-state index in [-0.39, 0.29) is 0 Å². The molecule has 7 heteroatoms. The van der Waals surface area contributed by atoms with Gasteiger partial charge in [-0.15, -0.1) is 0 Å². The van der Waals surface area contributed by atoms with E-state index in [1.807, 2.05) is 0 Å². The van der Waals surface area contributed by atoms with E-state index in [9.17, 15) is 14.4 Å². The average molecular weight is 263 g/mol. The molecule has 100 valence electrons. The van der Waals surface area contributed by atoms with Gasteiger partial charge in [0.05, 0.1) is 0 Å². The first kappa shape index (κ1) is 13.0. The number of benzene rings is 1. The summed E-state index contributed by atoms with van der Waals surface area (Å²) in [4.78, 5) is 35.1. The van der Waals surface area contributed by atoms with Gasteiger partial charge in [-0.1, -0.05) is 12.1 Å². The third kappa shape index (κ3) is 2.55. The Hall–Kier alpha value is -2.41. The molecule has 1 heterocycles. The molecule has 1 fully saturated rings. The highest BCUT2D eigenvalue weighted by Gasteiger charge is 2.27. The largest absolute Gasteiger partial charge is 0.480 e. The average Bonchev–Trinajstić information content (AvgIpc) is 2.41. The second kappa shape index (κ2) is 5.07. The molecule has 0 bridgehead atoms. The summed E-state index contributed by atoms with van der Waals surface area (Å²) in [7, 11) is 0. The highest BCUT2D eigenvalue weighted by Crippen LogP contribution is 2.20. The third-order valence-corrected chi connectivity index (χ3v) is 2.87. The highest BCUT2D eigenvalue weighted by atomic mass is 16.4. The van der Waals surface area contributed by atoms with Crippen LogP contribution >= 0.6 is 0 Å². The standard InChI is InChI=1S/C12H13N3O4/c13-9(12(18)19)7-2-1-3-8(6-7)15-5-4-14-10(16)11(15)17/h1-3,6,9H,4-5,13H2,(H,14,16)(H,18,19). The number of carbonyl (C=O) groups excluding carboxylic acids is 2. The molecule has 1 saturated heterocycles. The van der Waals surface area contributed by atoms with Crippen LogP contribution in [0.1, 0.15) is 11.6 Å². The summed E-state index contributed by atoms with van der Waals surface area (Å²) in [6.45, 7) is 0.704. The molecule has 1 unspecified atom stereocenters. The molecule has 0 spiro atoms. The predicted molar refractivity (Wildman–Crippen MR) is 66.4 cm³/mol. The lowest BCUT2D eigenvalue weighted by Crippen LogP contribution is -2.52. The number of hydrogen-bond donors (Lipinski definition) is 3. The summed E-state index contributed by atoms with van der Waals surface area (Å²) in [6, 6.07) is 5.15. The number of amides is 2. The van der Waals surface area contributed by atoms with Gasteiger partial charge >= 0.3 is 17.8 Å². The molecule has 2 amide bonds. The minimum atomic E-state index is -1.16. The van der Waals surface area contributed by atoms with Gasteiger partial charge in [-0.3, -0.25) is 14.4 Å². The Morgan fingerprint density at radius 1 is 1.42 bits per heavy atom. The van der Waals surface area contributed by atoms with Crippen LogP contribution in [0.2, 0.25) is 0 Å². The van der Waals surface area contributed by atoms with Gasteiger partial charge in [0, 0.05) is 18.8 Å². The predicted octanol–water partition coefficient (Wildman–Crippen LogP) is -0.766. The molecule has 4 N–H and O–H groups in total. The van der Waals surface area contributed by atoms with E-state index in [0.29, 0.717) is 24.3 Å². The van der Waals surface area contributed by atoms with Crippen LogP contribution in [0.25, 0.3) is 0 Å². The van der Waals surface area contributed by atoms with Gasteiger partial charge in [0.15, 0.2) is 0 Å². The summed E-state index contributed by atoms with van der Waals surface area (Å²) in [5.74, 6) is -2.48. The Labute approximate surface area is 109 Å². The van der Waals surface area contributed by atoms with Gasteiger partial charge in [-0.2, -0.15) is 0 Å². The lowest BCUT2D eigenvalue weighted by atomic mass is 10.1. The second-order valence-electron chi connectivity index (χ2n) is 4.12. The summed E-state index contributed by atoms with van der Waals surface area (Å²) in [5.41, 5.74) is 6.36. The van der Waals surface area contributed by atoms with E-state index in [1.165, 1.54) is 11.0 Å². The van der Waals surface area contributed by atoms with Crippen molar-refractivity contribution in [1.82, 2.24) is 5.32 Å². The van der Waals surface area contributed by atoms with Crippen molar-refractivity contribution in [3.8, 4) is 0 Å². The number of carboxylic acids is 1. The molecular formula is C12H13N3O4. The Morgan fingerprint density at radius 2 is 2.16 bits per heavy atom. The molecule has 0 saturated carbocycles. The molecular weight excluding hydrogens is 250 g/mol. The molecule has 0 radical (unpaired) electrons. The van der Waals surface area contributed by atoms with Crippen LogP contribution in [-0.2, 0) is 14.4 Å². The van der Waals surface area contributed by atoms with Gasteiger partial charge in [0.2, 0.25) is 0 Å². The van der Waals surface area contributed by atoms with E-state index in [2.05, 4.69) is 5.32 Å². The van der Waals surface area contributed by atoms with Gasteiger partial charge in [-0.25, -0.2) is 0 Å². The number of nitrogens with one attached hydrogen (secondary N) is 1. The fourth-order valence-electron chi connectivity index (χ4n) is 1.86. The number of aliphatic carboxylic acids is 1. The van der Waals surface area contributed by atoms with Crippen molar-refractivity contribution in [2.45, 2.75) is 6.04 Å². The summed E-state index contributed by atoms with van der Waals surface area (Å²) in [5, 5.41) is 11.3. The van der Waals surface area contributed by atoms with Gasteiger partial charge in [0.25, 0.3) is 0 Å². The Balaban J connectivity index is 2.30. The summed E-state index contributed by atoms with van der Waals surface area (Å²) >= 11 is 0. The first-order valence-electron chi connectivity index (χ1n) is 5.69. The van der Waals surface area contributed by atoms with Crippen molar-refractivity contribution in [2.75, 3.05) is 18.0 Å². The topological polar surface area (TPSA) is 113 Å². The van der Waals surface area contributed by atoms with E-state index < -0.39 is 23.8 Å². The molecule has 1 aliphatic heterocycles. The minimum Gasteiger partial charge on any atom is -0.480 e. The molecule has 1 atom stereocenters. The molecule has 19 heavy (non-hydrogen) atoms. The first-order valence-corrected chi connectivity index (χ1v) is 5.69. The molecule has 2 rings (SSSR count). The Bertz CT molecular complexity index is 544. The van der Waals surface area contributed by atoms with Crippen LogP contribution < -0.4 is 16.0 Å². The molecule has 0 aromatic heterocycles. The maximum absolute atomic E-state index is 11.7. The van der Waals surface area contributed by atoms with E-state index in [0.717, 1.165) is 0 Å². The van der Waals surface area contributed by atoms with Crippen LogP contribution in [0, 0.1) is 0 Å². The van der Waals surface area contributed by atoms with Crippen LogP contribution in [0.15, 0.2) is 24.3 Å². The summed E-state index contributed by atoms with van der Waals surface area (Å²) in [6.07, 6.45) is 0. The fraction of sp³-hybridized carbons (Fsp3) is 0.250. The van der Waals surface area contributed by atoms with Crippen molar-refractivity contribution in [1.29, 1.82) is 0 Å². The number of anilines is 1. The third-order valence-electron chi connectivity index (χ3n) is 2.87. The van der Waals surface area contributed by atoms with Gasteiger partial charge in [0.1, 0.15) is 6.04 Å². The maximum Gasteiger partial charge on any atom is 0.325 e. The van der Waals surface area contributed by atoms with Crippen LogP contribution in [0.3, 0.4) is 0 Å². The van der Waals surface area contributed by atoms with Crippen LogP contribution in [0.4, 0.5) is 5.69 Å². The zero-order valence-corrected chi connectivity index (χ0v) is 10.00. The normalized spacial score (nSPS) is 17.0. The maximum atomic E-state index is 11.7. The highest BCUT2D eigenvalue weighted by molar-refractivity contribution is 6.41. The number of carbonyl (C=O) groups is 3.